The van der Waals surface area contributed by atoms with Crippen molar-refractivity contribution in [2.24, 2.45) is 11.3 Å². The quantitative estimate of drug-likeness (QED) is 0.572. The van der Waals surface area contributed by atoms with Crippen LogP contribution in [0.4, 0.5) is 5.00 Å². The zero-order valence-electron chi connectivity index (χ0n) is 16.5. The molecule has 0 radical (unpaired) electrons. The summed E-state index contributed by atoms with van der Waals surface area (Å²) >= 11 is 7.53. The lowest BCUT2D eigenvalue weighted by Gasteiger charge is -2.36. The maximum atomic E-state index is 12.4. The molecule has 1 amide bonds. The van der Waals surface area contributed by atoms with Crippen LogP contribution in [0.2, 0.25) is 5.02 Å². The highest BCUT2D eigenvalue weighted by molar-refractivity contribution is 7.16. The van der Waals surface area contributed by atoms with Crippen LogP contribution in [0.5, 0.6) is 0 Å². The van der Waals surface area contributed by atoms with Crippen molar-refractivity contribution in [1.82, 2.24) is 0 Å². The maximum Gasteiger partial charge on any atom is 0.249 e. The van der Waals surface area contributed by atoms with E-state index in [0.717, 1.165) is 36.8 Å². The summed E-state index contributed by atoms with van der Waals surface area (Å²) in [5, 5.41) is 13.9. The molecule has 1 aliphatic rings. The predicted molar refractivity (Wildman–Crippen MR) is 118 cm³/mol. The fourth-order valence-electron chi connectivity index (χ4n) is 3.68. The Labute approximate surface area is 176 Å². The van der Waals surface area contributed by atoms with Gasteiger partial charge in [-0.15, -0.1) is 11.3 Å². The Hall–Kier alpha value is -2.09. The Kier molecular flexibility index (Phi) is 6.27. The van der Waals surface area contributed by atoms with Gasteiger partial charge < -0.3 is 5.32 Å². The maximum absolute atomic E-state index is 12.4. The monoisotopic (exact) mass is 412 g/mol. The van der Waals surface area contributed by atoms with Crippen molar-refractivity contribution in [3.05, 3.63) is 56.9 Å². The van der Waals surface area contributed by atoms with E-state index >= 15 is 0 Å². The molecule has 0 aliphatic heterocycles. The van der Waals surface area contributed by atoms with E-state index in [1.807, 2.05) is 12.1 Å². The summed E-state index contributed by atoms with van der Waals surface area (Å²) in [6.45, 7) is 6.89. The van der Waals surface area contributed by atoms with Gasteiger partial charge in [-0.05, 0) is 59.9 Å². The number of fused-ring (bicyclic) bond motifs is 1. The van der Waals surface area contributed by atoms with Gasteiger partial charge in [0, 0.05) is 16.0 Å². The molecule has 0 fully saturated rings. The van der Waals surface area contributed by atoms with Gasteiger partial charge in [0.15, 0.2) is 0 Å². The van der Waals surface area contributed by atoms with Gasteiger partial charge >= 0.3 is 0 Å². The first-order valence-corrected chi connectivity index (χ1v) is 10.8. The normalized spacial score (nSPS) is 16.6. The van der Waals surface area contributed by atoms with E-state index in [1.54, 1.807) is 29.5 Å². The summed E-state index contributed by atoms with van der Waals surface area (Å²) in [7, 11) is 0. The smallest absolute Gasteiger partial charge is 0.249 e. The Morgan fingerprint density at radius 2 is 2.25 bits per heavy atom. The molecule has 1 unspecified atom stereocenters. The molecule has 3 nitrogen and oxygen atoms in total. The molecule has 1 aliphatic carbocycles. The largest absolute Gasteiger partial charge is 0.313 e. The lowest BCUT2D eigenvalue weighted by molar-refractivity contribution is -0.111. The molecule has 0 saturated heterocycles. The molecule has 1 aromatic carbocycles. The van der Waals surface area contributed by atoms with Crippen LogP contribution >= 0.6 is 22.9 Å². The van der Waals surface area contributed by atoms with E-state index in [2.05, 4.69) is 32.2 Å². The molecule has 3 rings (SSSR count). The molecule has 1 aromatic heterocycles. The van der Waals surface area contributed by atoms with Crippen molar-refractivity contribution in [3.63, 3.8) is 0 Å². The molecule has 2 aromatic rings. The SMILES string of the molecule is CCC(C)(C)C1CCc2c(sc(NC(=O)C=Cc3cccc(Cl)c3)c2C#N)C1. The van der Waals surface area contributed by atoms with Crippen LogP contribution in [-0.4, -0.2) is 5.91 Å². The van der Waals surface area contributed by atoms with Crippen LogP contribution in [0.3, 0.4) is 0 Å². The molecule has 0 saturated carbocycles. The number of nitrogens with zero attached hydrogens (tertiary/aromatic N) is 1. The van der Waals surface area contributed by atoms with Crippen molar-refractivity contribution < 1.29 is 4.79 Å². The zero-order valence-corrected chi connectivity index (χ0v) is 18.1. The number of carbonyl (C=O) groups excluding carboxylic acids is 1. The van der Waals surface area contributed by atoms with Crippen LogP contribution in [0.15, 0.2) is 30.3 Å². The number of thiophene rings is 1. The summed E-state index contributed by atoms with van der Waals surface area (Å²) in [4.78, 5) is 13.6. The van der Waals surface area contributed by atoms with E-state index < -0.39 is 0 Å². The lowest BCUT2D eigenvalue weighted by atomic mass is 9.69. The Balaban J connectivity index is 1.77. The van der Waals surface area contributed by atoms with Crippen molar-refractivity contribution in [3.8, 4) is 6.07 Å². The Bertz CT molecular complexity index is 952. The molecule has 146 valence electrons. The van der Waals surface area contributed by atoms with Crippen molar-refractivity contribution >= 4 is 39.9 Å². The highest BCUT2D eigenvalue weighted by Crippen LogP contribution is 2.45. The number of hydrogen-bond donors (Lipinski definition) is 1. The van der Waals surface area contributed by atoms with Crippen LogP contribution in [0, 0.1) is 22.7 Å². The van der Waals surface area contributed by atoms with Crippen LogP contribution < -0.4 is 5.32 Å². The zero-order chi connectivity index (χ0) is 20.3. The number of benzene rings is 1. The number of nitriles is 1. The van der Waals surface area contributed by atoms with E-state index in [4.69, 9.17) is 11.6 Å². The second kappa shape index (κ2) is 8.51. The Morgan fingerprint density at radius 3 is 2.93 bits per heavy atom. The molecular formula is C23H25ClN2OS. The molecule has 1 atom stereocenters. The van der Waals surface area contributed by atoms with Gasteiger partial charge in [-0.2, -0.15) is 5.26 Å². The van der Waals surface area contributed by atoms with E-state index in [0.29, 0.717) is 21.5 Å². The number of anilines is 1. The van der Waals surface area contributed by atoms with Crippen molar-refractivity contribution in [2.45, 2.75) is 46.5 Å². The van der Waals surface area contributed by atoms with Crippen molar-refractivity contribution in [2.75, 3.05) is 5.32 Å². The molecule has 5 heteroatoms. The average Bonchev–Trinajstić information content (AvgIpc) is 3.02. The van der Waals surface area contributed by atoms with E-state index in [1.165, 1.54) is 11.0 Å². The van der Waals surface area contributed by atoms with Crippen LogP contribution in [-0.2, 0) is 17.6 Å². The third-order valence-corrected chi connectivity index (χ3v) is 7.31. The topological polar surface area (TPSA) is 52.9 Å². The number of nitrogens with one attached hydrogen (secondary N) is 1. The second-order valence-electron chi connectivity index (χ2n) is 7.98. The Morgan fingerprint density at radius 1 is 1.46 bits per heavy atom. The fraction of sp³-hybridized carbons (Fsp3) is 0.391. The number of amides is 1. The summed E-state index contributed by atoms with van der Waals surface area (Å²) < 4.78 is 0. The molecule has 28 heavy (non-hydrogen) atoms. The molecular weight excluding hydrogens is 388 g/mol. The van der Waals surface area contributed by atoms with Crippen LogP contribution in [0.25, 0.3) is 6.08 Å². The second-order valence-corrected chi connectivity index (χ2v) is 9.52. The first kappa shape index (κ1) is 20.6. The first-order chi connectivity index (χ1) is 13.3. The fourth-order valence-corrected chi connectivity index (χ4v) is 5.16. The highest BCUT2D eigenvalue weighted by Gasteiger charge is 2.33. The van der Waals surface area contributed by atoms with Gasteiger partial charge in [-0.3, -0.25) is 4.79 Å². The van der Waals surface area contributed by atoms with E-state index in [-0.39, 0.29) is 11.3 Å². The van der Waals surface area contributed by atoms with Gasteiger partial charge in [0.25, 0.3) is 0 Å². The third-order valence-electron chi connectivity index (χ3n) is 5.91. The minimum absolute atomic E-state index is 0.236. The number of halogens is 1. The molecule has 1 heterocycles. The van der Waals surface area contributed by atoms with Gasteiger partial charge in [0.05, 0.1) is 5.56 Å². The number of rotatable bonds is 5. The average molecular weight is 413 g/mol. The van der Waals surface area contributed by atoms with Crippen molar-refractivity contribution in [1.29, 1.82) is 5.26 Å². The summed E-state index contributed by atoms with van der Waals surface area (Å²) in [5.74, 6) is 0.377. The standard InChI is InChI=1S/C23H25ClN2OS/c1-4-23(2,3)16-9-10-18-19(14-25)22(28-20(18)13-16)26-21(27)11-8-15-6-5-7-17(24)12-15/h5-8,11-12,16H,4,9-10,13H2,1-3H3,(H,26,27). The van der Waals surface area contributed by atoms with Gasteiger partial charge in [-0.1, -0.05) is 50.9 Å². The molecule has 0 bridgehead atoms. The highest BCUT2D eigenvalue weighted by atomic mass is 35.5. The summed E-state index contributed by atoms with van der Waals surface area (Å²) in [5.41, 5.74) is 2.91. The lowest BCUT2D eigenvalue weighted by Crippen LogP contribution is -2.28. The van der Waals surface area contributed by atoms with Gasteiger partial charge in [0.2, 0.25) is 5.91 Å². The molecule has 1 N–H and O–H groups in total. The molecule has 0 spiro atoms. The number of carbonyl (C=O) groups is 1. The summed E-state index contributed by atoms with van der Waals surface area (Å²) in [6.07, 6.45) is 7.35. The summed E-state index contributed by atoms with van der Waals surface area (Å²) in [6, 6.07) is 9.63. The predicted octanol–water partition coefficient (Wildman–Crippen LogP) is 6.47. The van der Waals surface area contributed by atoms with E-state index in [9.17, 15) is 10.1 Å². The van der Waals surface area contributed by atoms with Gasteiger partial charge in [0.1, 0.15) is 11.1 Å². The van der Waals surface area contributed by atoms with Gasteiger partial charge in [-0.25, -0.2) is 0 Å². The first-order valence-electron chi connectivity index (χ1n) is 9.63. The van der Waals surface area contributed by atoms with Crippen LogP contribution in [0.1, 0.15) is 55.2 Å². The minimum atomic E-state index is -0.236. The third kappa shape index (κ3) is 4.48. The number of hydrogen-bond acceptors (Lipinski definition) is 3. The minimum Gasteiger partial charge on any atom is -0.313 e.